The fourth-order valence-electron chi connectivity index (χ4n) is 19.0. The number of fused-ring (bicyclic) bond motifs is 19. The highest BCUT2D eigenvalue weighted by molar-refractivity contribution is 7.26. The van der Waals surface area contributed by atoms with Gasteiger partial charge in [0, 0.05) is 102 Å². The van der Waals surface area contributed by atoms with Crippen molar-refractivity contribution in [3.05, 3.63) is 446 Å². The molecule has 20 aromatic carbocycles. The molecule has 670 valence electrons. The number of thiophene rings is 1. The molecule has 0 bridgehead atoms. The van der Waals surface area contributed by atoms with Crippen LogP contribution < -0.4 is 0 Å². The molecule has 0 atom stereocenters. The SMILES string of the molecule is Clc1nc(-c2cc(-c3ccccc3)cc(-c3cccc4c3sc3ccccc34)c2)nc(-c2ccc3ccccc3c2)n1.Clc1nc(-c2ccccc2)nc(-c2cc3c4ccccc4oc3c3ccccc23)n1.Clc1nc(-c2ccccc2)nc(-c2ccc3oc4cc5ccccc5cc4c3c2)n1.Clc1nc(-c2ccccc2)nc(-c2cccc3oc4cc(-c5cc6ccccc6c6ccccc56)ccc4c23)n1. The molecule has 8 aromatic heterocycles. The van der Waals surface area contributed by atoms with E-state index in [0.29, 0.717) is 46.6 Å². The molecule has 15 nitrogen and oxygen atoms in total. The smallest absolute Gasteiger partial charge is 0.226 e. The average Bonchev–Trinajstić information content (AvgIpc) is 1.56. The van der Waals surface area contributed by atoms with Crippen LogP contribution in [0, 0.1) is 0 Å². The summed E-state index contributed by atoms with van der Waals surface area (Å²) >= 11 is 27.3. The highest BCUT2D eigenvalue weighted by Gasteiger charge is 2.24. The highest BCUT2D eigenvalue weighted by Crippen LogP contribution is 2.47. The van der Waals surface area contributed by atoms with Crippen LogP contribution in [-0.4, -0.2) is 59.8 Å². The Hall–Kier alpha value is -17.5. The van der Waals surface area contributed by atoms with Gasteiger partial charge < -0.3 is 13.3 Å². The third-order valence-electron chi connectivity index (χ3n) is 25.6. The molecule has 0 aliphatic carbocycles. The molecule has 0 aliphatic rings. The number of para-hydroxylation sites is 1. The molecule has 0 spiro atoms. The largest absolute Gasteiger partial charge is 0.456 e. The zero-order valence-corrected chi connectivity index (χ0v) is 78.8. The monoisotopic (exact) mass is 1920 g/mol. The minimum Gasteiger partial charge on any atom is -0.456 e. The molecular weight excluding hydrogens is 1860 g/mol. The van der Waals surface area contributed by atoms with E-state index in [2.05, 4.69) is 281 Å². The summed E-state index contributed by atoms with van der Waals surface area (Å²) in [6.45, 7) is 0. The van der Waals surface area contributed by atoms with Crippen molar-refractivity contribution in [3.8, 4) is 124 Å². The van der Waals surface area contributed by atoms with E-state index in [-0.39, 0.29) is 21.1 Å². The van der Waals surface area contributed by atoms with Gasteiger partial charge in [-0.25, -0.2) is 19.9 Å². The van der Waals surface area contributed by atoms with Gasteiger partial charge in [0.2, 0.25) is 21.1 Å². The molecular formula is C122H70Cl4N12O3S. The Bertz CT molecular complexity index is 9860. The lowest BCUT2D eigenvalue weighted by Gasteiger charge is -2.12. The van der Waals surface area contributed by atoms with E-state index in [4.69, 9.17) is 74.6 Å². The van der Waals surface area contributed by atoms with Gasteiger partial charge in [-0.05, 0) is 225 Å². The molecule has 28 rings (SSSR count). The molecule has 0 radical (unpaired) electrons. The topological polar surface area (TPSA) is 194 Å². The van der Waals surface area contributed by atoms with E-state index in [9.17, 15) is 0 Å². The van der Waals surface area contributed by atoms with Gasteiger partial charge in [-0.15, -0.1) is 11.3 Å². The Kier molecular flexibility index (Phi) is 22.3. The number of hydrogen-bond donors (Lipinski definition) is 0. The van der Waals surface area contributed by atoms with E-state index in [1.54, 1.807) is 0 Å². The minimum absolute atomic E-state index is 0.152. The Morgan fingerprint density at radius 3 is 1.25 bits per heavy atom. The predicted octanol–water partition coefficient (Wildman–Crippen LogP) is 34.3. The molecule has 20 heteroatoms. The number of aromatic nitrogens is 12. The van der Waals surface area contributed by atoms with Gasteiger partial charge >= 0.3 is 0 Å². The summed E-state index contributed by atoms with van der Waals surface area (Å²) in [5, 5.41) is 20.9. The Labute approximate surface area is 834 Å². The van der Waals surface area contributed by atoms with Crippen molar-refractivity contribution in [3.63, 3.8) is 0 Å². The van der Waals surface area contributed by atoms with Crippen LogP contribution in [0.15, 0.2) is 438 Å². The molecule has 0 unspecified atom stereocenters. The van der Waals surface area contributed by atoms with Crippen molar-refractivity contribution in [1.29, 1.82) is 0 Å². The first-order valence-corrected chi connectivity index (χ1v) is 48.3. The number of furan rings is 3. The summed E-state index contributed by atoms with van der Waals surface area (Å²) in [5.41, 5.74) is 18.8. The maximum atomic E-state index is 6.54. The summed E-state index contributed by atoms with van der Waals surface area (Å²) in [7, 11) is 0. The van der Waals surface area contributed by atoms with Crippen LogP contribution >= 0.6 is 57.7 Å². The second kappa shape index (κ2) is 36.8. The lowest BCUT2D eigenvalue weighted by molar-refractivity contribution is 0.669. The molecule has 0 amide bonds. The fourth-order valence-corrected chi connectivity index (χ4v) is 20.9. The molecule has 0 fully saturated rings. The first-order chi connectivity index (χ1) is 69.9. The van der Waals surface area contributed by atoms with E-state index in [1.165, 1.54) is 58.2 Å². The van der Waals surface area contributed by atoms with Crippen molar-refractivity contribution in [1.82, 2.24) is 59.8 Å². The van der Waals surface area contributed by atoms with Crippen LogP contribution in [-0.2, 0) is 0 Å². The van der Waals surface area contributed by atoms with Gasteiger partial charge in [-0.2, -0.15) is 39.9 Å². The van der Waals surface area contributed by atoms with Crippen LogP contribution in [0.5, 0.6) is 0 Å². The average molecular weight is 1930 g/mol. The van der Waals surface area contributed by atoms with Crippen molar-refractivity contribution < 1.29 is 13.3 Å². The van der Waals surface area contributed by atoms with Crippen molar-refractivity contribution in [2.75, 3.05) is 0 Å². The summed E-state index contributed by atoms with van der Waals surface area (Å²) in [4.78, 5) is 54.6. The number of halogens is 4. The van der Waals surface area contributed by atoms with Crippen LogP contribution in [0.2, 0.25) is 21.1 Å². The molecule has 0 N–H and O–H groups in total. The normalized spacial score (nSPS) is 11.5. The third-order valence-corrected chi connectivity index (χ3v) is 27.5. The molecule has 28 aromatic rings. The summed E-state index contributed by atoms with van der Waals surface area (Å²) in [5.74, 6) is 4.31. The zero-order chi connectivity index (χ0) is 94.8. The van der Waals surface area contributed by atoms with Gasteiger partial charge in [0.25, 0.3) is 0 Å². The van der Waals surface area contributed by atoms with Gasteiger partial charge in [-0.3, -0.25) is 0 Å². The standard InChI is InChI=1S/C37H22ClN3S.C35H20ClN3O.2C25H14ClN3O/c38-37-40-35(26-18-17-24-11-4-5-12-25(24)19-26)39-36(41-37)29-21-27(23-9-2-1-3-10-23)20-28(22-29)30-14-8-15-32-31-13-6-7-16-33(31)42-34(30)32;36-35-38-33(21-9-2-1-3-10-21)37-34(39-35)28-15-8-16-30-32(28)27-18-17-23(20-31(27)40-30)29-19-22-11-4-5-12-24(22)25-13-6-7-14-26(25)29;26-25-28-23(15-8-2-1-3-9-15)27-24(29-25)20-14-19-17-11-6-7-13-21(17)30-22(19)18-12-5-4-10-16(18)20;26-25-28-23(15-6-2-1-3-7-15)27-24(29-25)18-10-11-21-19(13-18)20-12-16-8-4-5-9-17(16)14-22(20)30-21/h1-22H;1-20H;2*1-14H. The lowest BCUT2D eigenvalue weighted by Crippen LogP contribution is -1.98. The lowest BCUT2D eigenvalue weighted by atomic mass is 9.93. The van der Waals surface area contributed by atoms with Crippen molar-refractivity contribution >= 4 is 198 Å². The Morgan fingerprint density at radius 1 is 0.169 bits per heavy atom. The molecule has 0 saturated carbocycles. The second-order valence-corrected chi connectivity index (χ2v) is 36.7. The Balaban J connectivity index is 0.000000101. The maximum absolute atomic E-state index is 6.54. The molecule has 142 heavy (non-hydrogen) atoms. The van der Waals surface area contributed by atoms with E-state index < -0.39 is 0 Å². The summed E-state index contributed by atoms with van der Waals surface area (Å²) in [6, 6.07) is 144. The maximum Gasteiger partial charge on any atom is 0.226 e. The zero-order valence-electron chi connectivity index (χ0n) is 74.9. The van der Waals surface area contributed by atoms with Crippen molar-refractivity contribution in [2.24, 2.45) is 0 Å². The predicted molar refractivity (Wildman–Crippen MR) is 581 cm³/mol. The van der Waals surface area contributed by atoms with Gasteiger partial charge in [0.05, 0.1) is 0 Å². The minimum atomic E-state index is 0.152. The van der Waals surface area contributed by atoms with Gasteiger partial charge in [0.15, 0.2) is 46.6 Å². The molecule has 0 aliphatic heterocycles. The first-order valence-electron chi connectivity index (χ1n) is 45.9. The second-order valence-electron chi connectivity index (χ2n) is 34.2. The van der Waals surface area contributed by atoms with Crippen LogP contribution in [0.1, 0.15) is 0 Å². The van der Waals surface area contributed by atoms with Gasteiger partial charge in [0.1, 0.15) is 33.5 Å². The van der Waals surface area contributed by atoms with E-state index >= 15 is 0 Å². The first kappa shape index (κ1) is 86.1. The van der Waals surface area contributed by atoms with Gasteiger partial charge in [-0.1, -0.05) is 328 Å². The Morgan fingerprint density at radius 2 is 0.592 bits per heavy atom. The van der Waals surface area contributed by atoms with E-state index in [1.807, 2.05) is 199 Å². The quantitative estimate of drug-likeness (QED) is 0.111. The summed E-state index contributed by atoms with van der Waals surface area (Å²) in [6.07, 6.45) is 0. The summed E-state index contributed by atoms with van der Waals surface area (Å²) < 4.78 is 21.2. The van der Waals surface area contributed by atoms with Crippen LogP contribution in [0.25, 0.3) is 264 Å². The number of rotatable bonds is 11. The fraction of sp³-hybridized carbons (Fsp3) is 0. The van der Waals surface area contributed by atoms with Crippen LogP contribution in [0.4, 0.5) is 0 Å². The number of benzene rings is 20. The third kappa shape index (κ3) is 16.6. The van der Waals surface area contributed by atoms with E-state index in [0.717, 1.165) is 160 Å². The number of hydrogen-bond acceptors (Lipinski definition) is 16. The highest BCUT2D eigenvalue weighted by atomic mass is 35.5. The van der Waals surface area contributed by atoms with Crippen LogP contribution in [0.3, 0.4) is 0 Å². The molecule has 0 saturated heterocycles. The van der Waals surface area contributed by atoms with Crippen molar-refractivity contribution in [2.45, 2.75) is 0 Å². The number of nitrogens with zero attached hydrogens (tertiary/aromatic N) is 12. The molecule has 8 heterocycles.